The molecule has 0 saturated carbocycles. The maximum Gasteiger partial charge on any atom is 0.514 e. The zero-order chi connectivity index (χ0) is 14.4. The van der Waals surface area contributed by atoms with Crippen LogP contribution >= 0.6 is 0 Å². The summed E-state index contributed by atoms with van der Waals surface area (Å²) in [4.78, 5) is 43.9. The first-order valence-corrected chi connectivity index (χ1v) is 5.48. The summed E-state index contributed by atoms with van der Waals surface area (Å²) in [6.45, 7) is 1.59. The Morgan fingerprint density at radius 1 is 1.16 bits per heavy atom. The molecule has 2 saturated heterocycles. The maximum absolute atomic E-state index is 12.4. The van der Waals surface area contributed by atoms with E-state index in [2.05, 4.69) is 5.32 Å². The Morgan fingerprint density at radius 2 is 1.74 bits per heavy atom. The number of amides is 4. The molecule has 0 radical (unpaired) electrons. The molecule has 4 amide bonds. The highest BCUT2D eigenvalue weighted by Gasteiger charge is 2.81. The van der Waals surface area contributed by atoms with Crippen LogP contribution in [-0.2, 0) is 19.4 Å². The molecule has 2 aliphatic heterocycles. The summed E-state index contributed by atoms with van der Waals surface area (Å²) in [6, 6.07) is -1.15. The fourth-order valence-electron chi connectivity index (χ4n) is 2.68. The van der Waals surface area contributed by atoms with Crippen LogP contribution in [0.5, 0.6) is 0 Å². The van der Waals surface area contributed by atoms with Crippen molar-refractivity contribution in [2.75, 3.05) is 28.4 Å². The highest BCUT2D eigenvalue weighted by molar-refractivity contribution is 5.80. The number of carbonyl (C=O) groups excluding carboxylic acids is 2. The van der Waals surface area contributed by atoms with E-state index in [0.717, 1.165) is 10.1 Å². The third-order valence-electron chi connectivity index (χ3n) is 3.54. The number of fused-ring (bicyclic) bond motifs is 1. The smallest absolute Gasteiger partial charge is 0.306 e. The first kappa shape index (κ1) is 14.0. The largest absolute Gasteiger partial charge is 0.514 e. The van der Waals surface area contributed by atoms with Gasteiger partial charge in [0.2, 0.25) is 6.17 Å². The van der Waals surface area contributed by atoms with E-state index in [4.69, 9.17) is 19.4 Å². The van der Waals surface area contributed by atoms with Crippen molar-refractivity contribution in [3.63, 3.8) is 0 Å². The molecular formula is C9H17N4O6+. The summed E-state index contributed by atoms with van der Waals surface area (Å²) in [5.74, 6) is 0. The number of nitrogens with one attached hydrogen (secondary N) is 1. The van der Waals surface area contributed by atoms with Gasteiger partial charge in [-0.3, -0.25) is 9.68 Å². The van der Waals surface area contributed by atoms with Gasteiger partial charge in [0.1, 0.15) is 14.2 Å². The minimum atomic E-state index is -1.30. The highest BCUT2D eigenvalue weighted by Crippen LogP contribution is 2.45. The lowest BCUT2D eigenvalue weighted by atomic mass is 10.2. The van der Waals surface area contributed by atoms with Gasteiger partial charge in [-0.2, -0.15) is 14.5 Å². The predicted molar refractivity (Wildman–Crippen MR) is 58.1 cm³/mol. The summed E-state index contributed by atoms with van der Waals surface area (Å²) in [7, 11) is 5.21. The molecule has 2 aliphatic rings. The van der Waals surface area contributed by atoms with Crippen LogP contribution in [0.2, 0.25) is 0 Å². The Bertz CT molecular complexity index is 414. The topological polar surface area (TPSA) is 89.6 Å². The number of urea groups is 2. The molecule has 0 aliphatic carbocycles. The summed E-state index contributed by atoms with van der Waals surface area (Å²) in [5.41, 5.74) is -1.30. The number of carbonyl (C=O) groups is 2. The SMILES string of the molecule is CON1C(=O)[N+](OC)(OC)C2(C)C1NC(=O)N2OC. The van der Waals surface area contributed by atoms with Crippen LogP contribution in [0, 0.1) is 0 Å². The lowest BCUT2D eigenvalue weighted by molar-refractivity contribution is -1.22. The van der Waals surface area contributed by atoms with E-state index in [1.165, 1.54) is 28.4 Å². The van der Waals surface area contributed by atoms with Gasteiger partial charge >= 0.3 is 17.7 Å². The van der Waals surface area contributed by atoms with Crippen molar-refractivity contribution in [3.8, 4) is 0 Å². The van der Waals surface area contributed by atoms with Crippen LogP contribution in [0.4, 0.5) is 9.59 Å². The summed E-state index contributed by atoms with van der Waals surface area (Å²) >= 11 is 0. The zero-order valence-electron chi connectivity index (χ0n) is 11.4. The monoisotopic (exact) mass is 277 g/mol. The van der Waals surface area contributed by atoms with Crippen LogP contribution in [0.25, 0.3) is 0 Å². The Balaban J connectivity index is 2.61. The normalized spacial score (nSPS) is 32.8. The van der Waals surface area contributed by atoms with Gasteiger partial charge in [0, 0.05) is 6.92 Å². The fourth-order valence-corrected chi connectivity index (χ4v) is 2.68. The van der Waals surface area contributed by atoms with Gasteiger partial charge in [0.05, 0.1) is 19.0 Å². The molecule has 19 heavy (non-hydrogen) atoms. The Labute approximate surface area is 109 Å². The highest BCUT2D eigenvalue weighted by atomic mass is 17.0. The number of rotatable bonds is 4. The molecule has 108 valence electrons. The van der Waals surface area contributed by atoms with Crippen molar-refractivity contribution in [2.24, 2.45) is 0 Å². The van der Waals surface area contributed by atoms with E-state index >= 15 is 0 Å². The third-order valence-corrected chi connectivity index (χ3v) is 3.54. The molecule has 2 heterocycles. The van der Waals surface area contributed by atoms with Gasteiger partial charge in [-0.15, -0.1) is 10.1 Å². The lowest BCUT2D eigenvalue weighted by Gasteiger charge is -2.36. The molecule has 2 rings (SSSR count). The Kier molecular flexibility index (Phi) is 3.15. The molecule has 0 spiro atoms. The number of quaternary nitrogens is 1. The fraction of sp³-hybridized carbons (Fsp3) is 0.778. The van der Waals surface area contributed by atoms with Crippen molar-refractivity contribution in [3.05, 3.63) is 0 Å². The average Bonchev–Trinajstić information content (AvgIpc) is 2.74. The van der Waals surface area contributed by atoms with E-state index in [-0.39, 0.29) is 0 Å². The van der Waals surface area contributed by atoms with Crippen molar-refractivity contribution in [2.45, 2.75) is 18.8 Å². The molecule has 0 bridgehead atoms. The minimum Gasteiger partial charge on any atom is -0.306 e. The molecule has 1 N–H and O–H groups in total. The average molecular weight is 277 g/mol. The van der Waals surface area contributed by atoms with Gasteiger partial charge in [-0.05, 0) is 0 Å². The molecule has 2 unspecified atom stereocenters. The second-order valence-corrected chi connectivity index (χ2v) is 4.13. The van der Waals surface area contributed by atoms with E-state index < -0.39 is 28.7 Å². The molecule has 2 atom stereocenters. The molecule has 0 aromatic rings. The van der Waals surface area contributed by atoms with Gasteiger partial charge in [0.25, 0.3) is 0 Å². The lowest BCUT2D eigenvalue weighted by Crippen LogP contribution is -2.68. The van der Waals surface area contributed by atoms with Crippen LogP contribution < -0.4 is 5.32 Å². The van der Waals surface area contributed by atoms with Gasteiger partial charge in [0.15, 0.2) is 0 Å². The minimum absolute atomic E-state index is 0.527. The van der Waals surface area contributed by atoms with Crippen molar-refractivity contribution in [1.82, 2.24) is 15.4 Å². The van der Waals surface area contributed by atoms with E-state index in [1.54, 1.807) is 6.92 Å². The molecule has 10 heteroatoms. The van der Waals surface area contributed by atoms with Crippen molar-refractivity contribution in [1.29, 1.82) is 0 Å². The van der Waals surface area contributed by atoms with Crippen LogP contribution in [0.1, 0.15) is 6.92 Å². The van der Waals surface area contributed by atoms with Crippen LogP contribution in [0.3, 0.4) is 0 Å². The van der Waals surface area contributed by atoms with Crippen LogP contribution in [-0.4, -0.2) is 67.3 Å². The van der Waals surface area contributed by atoms with E-state index in [9.17, 15) is 9.59 Å². The maximum atomic E-state index is 12.4. The van der Waals surface area contributed by atoms with Crippen molar-refractivity contribution >= 4 is 12.1 Å². The molecule has 0 aromatic heterocycles. The first-order chi connectivity index (χ1) is 8.94. The van der Waals surface area contributed by atoms with Gasteiger partial charge < -0.3 is 5.32 Å². The quantitative estimate of drug-likeness (QED) is 0.700. The summed E-state index contributed by atoms with van der Waals surface area (Å²) in [6.07, 6.45) is -0.822. The second-order valence-electron chi connectivity index (χ2n) is 4.13. The zero-order valence-corrected chi connectivity index (χ0v) is 11.4. The van der Waals surface area contributed by atoms with Gasteiger partial charge in [-0.1, -0.05) is 0 Å². The summed E-state index contributed by atoms with van der Waals surface area (Å²) < 4.78 is 0. The predicted octanol–water partition coefficient (Wildman–Crippen LogP) is -0.448. The van der Waals surface area contributed by atoms with E-state index in [0.29, 0.717) is 0 Å². The number of hydrogen-bond donors (Lipinski definition) is 1. The standard InChI is InChI=1S/C9H16N4O6/c1-9-6(10-7(14)12(9)17-3)11(16-2)8(15)13(9,18-4)19-5/h6H,1-5H3/p+1. The first-order valence-electron chi connectivity index (χ1n) is 5.48. The van der Waals surface area contributed by atoms with Crippen LogP contribution in [0.15, 0.2) is 0 Å². The molecule has 10 nitrogen and oxygen atoms in total. The molecule has 2 fully saturated rings. The van der Waals surface area contributed by atoms with Crippen molar-refractivity contribution < 1.29 is 33.7 Å². The Morgan fingerprint density at radius 3 is 2.16 bits per heavy atom. The third kappa shape index (κ3) is 1.32. The van der Waals surface area contributed by atoms with E-state index in [1.807, 2.05) is 0 Å². The Hall–Kier alpha value is -1.46. The number of nitrogens with zero attached hydrogens (tertiary/aromatic N) is 3. The summed E-state index contributed by atoms with van der Waals surface area (Å²) in [5, 5.41) is 4.54. The molecule has 0 aromatic carbocycles. The van der Waals surface area contributed by atoms with Gasteiger partial charge in [-0.25, -0.2) is 4.79 Å². The second kappa shape index (κ2) is 4.28. The number of hydrogen-bond acceptors (Lipinski definition) is 6. The number of hydroxylamine groups is 8. The molecular weight excluding hydrogens is 260 g/mol.